The first-order valence-corrected chi connectivity index (χ1v) is 7.90. The number of aromatic hydroxyl groups is 1. The van der Waals surface area contributed by atoms with E-state index in [-0.39, 0.29) is 16.9 Å². The summed E-state index contributed by atoms with van der Waals surface area (Å²) >= 11 is 0. The molecule has 0 aliphatic rings. The summed E-state index contributed by atoms with van der Waals surface area (Å²) in [6.07, 6.45) is 0. The maximum absolute atomic E-state index is 12.5. The first-order chi connectivity index (χ1) is 12.8. The normalized spacial score (nSPS) is 10.4. The van der Waals surface area contributed by atoms with Crippen molar-refractivity contribution >= 4 is 17.6 Å². The number of aromatic carboxylic acids is 1. The van der Waals surface area contributed by atoms with E-state index in [2.05, 4.69) is 10.4 Å². The lowest BCUT2D eigenvalue weighted by atomic mass is 10.2. The number of amides is 1. The van der Waals surface area contributed by atoms with Gasteiger partial charge < -0.3 is 15.5 Å². The summed E-state index contributed by atoms with van der Waals surface area (Å²) in [4.78, 5) is 35.7. The molecule has 0 aliphatic heterocycles. The van der Waals surface area contributed by atoms with E-state index in [1.807, 2.05) is 13.0 Å². The van der Waals surface area contributed by atoms with Crippen molar-refractivity contribution in [2.45, 2.75) is 6.92 Å². The second-order valence-electron chi connectivity index (χ2n) is 5.81. The highest BCUT2D eigenvalue weighted by Gasteiger charge is 2.17. The van der Waals surface area contributed by atoms with Crippen molar-refractivity contribution in [3.63, 3.8) is 0 Å². The van der Waals surface area contributed by atoms with Crippen LogP contribution in [0.4, 0.5) is 5.69 Å². The van der Waals surface area contributed by atoms with Crippen molar-refractivity contribution in [2.24, 2.45) is 0 Å². The van der Waals surface area contributed by atoms with Gasteiger partial charge in [0.25, 0.3) is 11.5 Å². The maximum Gasteiger partial charge on any atom is 0.335 e. The van der Waals surface area contributed by atoms with Crippen LogP contribution in [0.2, 0.25) is 0 Å². The molecule has 0 saturated carbocycles. The Labute approximate surface area is 153 Å². The maximum atomic E-state index is 12.5. The fraction of sp³-hybridized carbons (Fsp3) is 0.0526. The molecule has 1 aromatic heterocycles. The average Bonchev–Trinajstić information content (AvgIpc) is 2.61. The first-order valence-electron chi connectivity index (χ1n) is 7.90. The molecule has 136 valence electrons. The number of carboxylic acid groups (broad SMARTS) is 1. The molecule has 0 atom stereocenters. The zero-order valence-electron chi connectivity index (χ0n) is 14.2. The van der Waals surface area contributed by atoms with E-state index >= 15 is 0 Å². The van der Waals surface area contributed by atoms with Crippen molar-refractivity contribution in [3.05, 3.63) is 81.8 Å². The number of nitrogens with one attached hydrogen (secondary N) is 1. The van der Waals surface area contributed by atoms with Crippen molar-refractivity contribution in [3.8, 4) is 11.4 Å². The third-order valence-corrected chi connectivity index (χ3v) is 3.74. The van der Waals surface area contributed by atoms with Crippen LogP contribution in [-0.2, 0) is 0 Å². The molecule has 0 radical (unpaired) electrons. The van der Waals surface area contributed by atoms with E-state index in [1.165, 1.54) is 24.3 Å². The van der Waals surface area contributed by atoms with Gasteiger partial charge in [-0.1, -0.05) is 18.2 Å². The molecule has 0 aliphatic carbocycles. The molecule has 1 heterocycles. The number of aryl methyl sites for hydroxylation is 1. The lowest BCUT2D eigenvalue weighted by Crippen LogP contribution is -2.25. The summed E-state index contributed by atoms with van der Waals surface area (Å²) in [5.74, 6) is -2.49. The number of hydrogen-bond donors (Lipinski definition) is 3. The fourth-order valence-corrected chi connectivity index (χ4v) is 2.47. The molecular weight excluding hydrogens is 350 g/mol. The lowest BCUT2D eigenvalue weighted by Gasteiger charge is -2.10. The van der Waals surface area contributed by atoms with E-state index < -0.39 is 23.2 Å². The topological polar surface area (TPSA) is 122 Å². The molecular formula is C19H15N3O5. The molecule has 0 unspecified atom stereocenters. The highest BCUT2D eigenvalue weighted by molar-refractivity contribution is 6.05. The molecule has 0 fully saturated rings. The third kappa shape index (κ3) is 3.84. The number of carbonyl (C=O) groups excluding carboxylic acids is 1. The number of carboxylic acids is 1. The Kier molecular flexibility index (Phi) is 4.71. The van der Waals surface area contributed by atoms with Gasteiger partial charge >= 0.3 is 5.97 Å². The summed E-state index contributed by atoms with van der Waals surface area (Å²) in [6, 6.07) is 13.5. The van der Waals surface area contributed by atoms with Crippen molar-refractivity contribution < 1.29 is 19.8 Å². The molecule has 2 aromatic carbocycles. The van der Waals surface area contributed by atoms with Gasteiger partial charge in [-0.2, -0.15) is 9.78 Å². The molecule has 3 rings (SSSR count). The Morgan fingerprint density at radius 1 is 1.07 bits per heavy atom. The van der Waals surface area contributed by atoms with Crippen LogP contribution in [0.1, 0.15) is 26.4 Å². The number of hydrogen-bond acceptors (Lipinski definition) is 5. The summed E-state index contributed by atoms with van der Waals surface area (Å²) < 4.78 is 1.01. The fourth-order valence-electron chi connectivity index (χ4n) is 2.47. The predicted octanol–water partition coefficient (Wildman–Crippen LogP) is 2.20. The zero-order chi connectivity index (χ0) is 19.6. The van der Waals surface area contributed by atoms with Crippen LogP contribution in [0, 0.1) is 6.92 Å². The van der Waals surface area contributed by atoms with Crippen LogP contribution in [0.25, 0.3) is 5.69 Å². The molecule has 1 amide bonds. The third-order valence-electron chi connectivity index (χ3n) is 3.74. The summed E-state index contributed by atoms with van der Waals surface area (Å²) in [5.41, 5.74) is 0.594. The van der Waals surface area contributed by atoms with Gasteiger partial charge in [0.15, 0.2) is 11.4 Å². The van der Waals surface area contributed by atoms with Crippen molar-refractivity contribution in [2.75, 3.05) is 5.32 Å². The number of aromatic nitrogens is 2. The predicted molar refractivity (Wildman–Crippen MR) is 97.6 cm³/mol. The minimum atomic E-state index is -1.14. The Morgan fingerprint density at radius 3 is 2.52 bits per heavy atom. The standard InChI is InChI=1S/C19H15N3O5/c1-11-4-2-7-14(8-11)22-16(24)10-15(23)17(21-22)18(25)20-13-6-3-5-12(9-13)19(26)27/h2-10,23H,1H3,(H,20,25)(H,26,27). The smallest absolute Gasteiger partial charge is 0.335 e. The molecule has 3 aromatic rings. The second-order valence-corrected chi connectivity index (χ2v) is 5.81. The van der Waals surface area contributed by atoms with Gasteiger partial charge in [-0.05, 0) is 42.8 Å². The summed E-state index contributed by atoms with van der Waals surface area (Å²) in [5, 5.41) is 25.4. The number of benzene rings is 2. The van der Waals surface area contributed by atoms with Gasteiger partial charge in [0.05, 0.1) is 11.3 Å². The average molecular weight is 365 g/mol. The van der Waals surface area contributed by atoms with Crippen molar-refractivity contribution in [1.29, 1.82) is 0 Å². The first kappa shape index (κ1) is 17.9. The highest BCUT2D eigenvalue weighted by Crippen LogP contribution is 2.17. The van der Waals surface area contributed by atoms with Crippen LogP contribution in [0.15, 0.2) is 59.4 Å². The molecule has 8 heteroatoms. The zero-order valence-corrected chi connectivity index (χ0v) is 14.2. The van der Waals surface area contributed by atoms with Gasteiger partial charge in [0.2, 0.25) is 0 Å². The van der Waals surface area contributed by atoms with Crippen molar-refractivity contribution in [1.82, 2.24) is 9.78 Å². The van der Waals surface area contributed by atoms with Gasteiger partial charge in [-0.15, -0.1) is 0 Å². The van der Waals surface area contributed by atoms with E-state index in [0.29, 0.717) is 5.69 Å². The number of carbonyl (C=O) groups is 2. The SMILES string of the molecule is Cc1cccc(-n2nc(C(=O)Nc3cccc(C(=O)O)c3)c(O)cc2=O)c1. The Hall–Kier alpha value is -3.94. The monoisotopic (exact) mass is 365 g/mol. The van der Waals surface area contributed by atoms with Gasteiger partial charge in [0, 0.05) is 11.8 Å². The van der Waals surface area contributed by atoms with Crippen LogP contribution >= 0.6 is 0 Å². The van der Waals surface area contributed by atoms with E-state index in [1.54, 1.807) is 18.2 Å². The molecule has 0 spiro atoms. The highest BCUT2D eigenvalue weighted by atomic mass is 16.4. The minimum Gasteiger partial charge on any atom is -0.505 e. The summed E-state index contributed by atoms with van der Waals surface area (Å²) in [6.45, 7) is 1.85. The lowest BCUT2D eigenvalue weighted by molar-refractivity contribution is 0.0696. The summed E-state index contributed by atoms with van der Waals surface area (Å²) in [7, 11) is 0. The van der Waals surface area contributed by atoms with Crippen LogP contribution in [-0.4, -0.2) is 31.9 Å². The van der Waals surface area contributed by atoms with Crippen LogP contribution in [0.3, 0.4) is 0 Å². The minimum absolute atomic E-state index is 0.00490. The molecule has 0 saturated heterocycles. The van der Waals surface area contributed by atoms with Gasteiger partial charge in [-0.3, -0.25) is 9.59 Å². The Morgan fingerprint density at radius 2 is 1.81 bits per heavy atom. The molecule has 8 nitrogen and oxygen atoms in total. The molecule has 3 N–H and O–H groups in total. The van der Waals surface area contributed by atoms with E-state index in [4.69, 9.17) is 5.11 Å². The van der Waals surface area contributed by atoms with Crippen LogP contribution < -0.4 is 10.9 Å². The number of nitrogens with zero attached hydrogens (tertiary/aromatic N) is 2. The largest absolute Gasteiger partial charge is 0.505 e. The second kappa shape index (κ2) is 7.12. The molecule has 27 heavy (non-hydrogen) atoms. The quantitative estimate of drug-likeness (QED) is 0.652. The Bertz CT molecular complexity index is 1100. The van der Waals surface area contributed by atoms with Gasteiger partial charge in [-0.25, -0.2) is 4.79 Å². The molecule has 0 bridgehead atoms. The van der Waals surface area contributed by atoms with Crippen LogP contribution in [0.5, 0.6) is 5.75 Å². The van der Waals surface area contributed by atoms with E-state index in [9.17, 15) is 19.5 Å². The van der Waals surface area contributed by atoms with E-state index in [0.717, 1.165) is 16.3 Å². The number of rotatable bonds is 4. The number of anilines is 1. The van der Waals surface area contributed by atoms with Gasteiger partial charge in [0.1, 0.15) is 0 Å². The Balaban J connectivity index is 1.98.